The van der Waals surface area contributed by atoms with Gasteiger partial charge in [-0.1, -0.05) is 0 Å². The van der Waals surface area contributed by atoms with E-state index >= 15 is 0 Å². The first kappa shape index (κ1) is 10.7. The summed E-state index contributed by atoms with van der Waals surface area (Å²) in [4.78, 5) is 15.3. The third kappa shape index (κ3) is 2.85. The molecule has 0 atom stereocenters. The van der Waals surface area contributed by atoms with E-state index in [-0.39, 0.29) is 12.2 Å². The second-order valence-electron chi connectivity index (χ2n) is 3.83. The van der Waals surface area contributed by atoms with Crippen LogP contribution >= 0.6 is 0 Å². The van der Waals surface area contributed by atoms with Crippen molar-refractivity contribution in [2.45, 2.75) is 32.9 Å². The minimum Gasteiger partial charge on any atom is -0.455 e. The molecule has 2 N–H and O–H groups in total. The zero-order chi connectivity index (χ0) is 10.8. The number of hydrogen-bond acceptors (Lipinski definition) is 5. The molecule has 1 aromatic rings. The number of nitrogens with two attached hydrogens (primary N) is 1. The van der Waals surface area contributed by atoms with Gasteiger partial charge in [-0.3, -0.25) is 0 Å². The monoisotopic (exact) mass is 198 g/mol. The van der Waals surface area contributed by atoms with Crippen molar-refractivity contribution in [3.63, 3.8) is 0 Å². The first-order valence-electron chi connectivity index (χ1n) is 4.30. The second-order valence-corrected chi connectivity index (χ2v) is 3.83. The summed E-state index contributed by atoms with van der Waals surface area (Å²) >= 11 is 0. The van der Waals surface area contributed by atoms with E-state index in [1.54, 1.807) is 20.8 Å². The molecular formula is C9H14N2O3. The van der Waals surface area contributed by atoms with Crippen LogP contribution in [0, 0.1) is 0 Å². The standard InChI is InChI=1S/C9H14N2O3/c1-9(2,3)14-8(12)6-5-13-7(4-10)11-6/h5H,4,10H2,1-3H3. The van der Waals surface area contributed by atoms with Gasteiger partial charge in [0.2, 0.25) is 5.89 Å². The summed E-state index contributed by atoms with van der Waals surface area (Å²) in [7, 11) is 0. The van der Waals surface area contributed by atoms with Gasteiger partial charge in [-0.05, 0) is 20.8 Å². The molecule has 0 bridgehead atoms. The Balaban J connectivity index is 2.70. The Hall–Kier alpha value is -1.36. The van der Waals surface area contributed by atoms with Crippen molar-refractivity contribution in [3.05, 3.63) is 17.8 Å². The Bertz CT molecular complexity index is 325. The predicted molar refractivity (Wildman–Crippen MR) is 49.6 cm³/mol. The van der Waals surface area contributed by atoms with Crippen LogP contribution in [0.4, 0.5) is 0 Å². The van der Waals surface area contributed by atoms with Gasteiger partial charge in [0, 0.05) is 0 Å². The third-order valence-corrected chi connectivity index (χ3v) is 1.33. The number of esters is 1. The second kappa shape index (κ2) is 3.79. The minimum atomic E-state index is -0.529. The largest absolute Gasteiger partial charge is 0.455 e. The molecule has 78 valence electrons. The molecule has 0 aliphatic heterocycles. The van der Waals surface area contributed by atoms with E-state index in [9.17, 15) is 4.79 Å². The minimum absolute atomic E-state index is 0.153. The van der Waals surface area contributed by atoms with Crippen LogP contribution in [0.1, 0.15) is 37.2 Å². The van der Waals surface area contributed by atoms with Crippen LogP contribution in [-0.2, 0) is 11.3 Å². The Labute approximate surface area is 82.2 Å². The van der Waals surface area contributed by atoms with E-state index in [0.717, 1.165) is 0 Å². The van der Waals surface area contributed by atoms with Crippen LogP contribution in [0.25, 0.3) is 0 Å². The molecule has 5 nitrogen and oxygen atoms in total. The number of oxazole rings is 1. The van der Waals surface area contributed by atoms with Crippen LogP contribution in [0.5, 0.6) is 0 Å². The average molecular weight is 198 g/mol. The van der Waals surface area contributed by atoms with Gasteiger partial charge >= 0.3 is 5.97 Å². The Morgan fingerprint density at radius 3 is 2.71 bits per heavy atom. The highest BCUT2D eigenvalue weighted by Gasteiger charge is 2.20. The maximum atomic E-state index is 11.4. The summed E-state index contributed by atoms with van der Waals surface area (Å²) in [6.45, 7) is 5.53. The highest BCUT2D eigenvalue weighted by Crippen LogP contribution is 2.11. The van der Waals surface area contributed by atoms with Crippen LogP contribution in [-0.4, -0.2) is 16.6 Å². The fourth-order valence-electron chi connectivity index (χ4n) is 0.829. The van der Waals surface area contributed by atoms with E-state index in [4.69, 9.17) is 14.9 Å². The van der Waals surface area contributed by atoms with Crippen molar-refractivity contribution >= 4 is 5.97 Å². The van der Waals surface area contributed by atoms with Crippen molar-refractivity contribution in [3.8, 4) is 0 Å². The molecule has 0 saturated heterocycles. The molecule has 1 rings (SSSR count). The summed E-state index contributed by atoms with van der Waals surface area (Å²) in [5, 5.41) is 0. The average Bonchev–Trinajstić information content (AvgIpc) is 2.48. The molecule has 0 aromatic carbocycles. The molecule has 5 heteroatoms. The van der Waals surface area contributed by atoms with Crippen LogP contribution < -0.4 is 5.73 Å². The highest BCUT2D eigenvalue weighted by atomic mass is 16.6. The van der Waals surface area contributed by atoms with Gasteiger partial charge in [0.05, 0.1) is 6.54 Å². The maximum absolute atomic E-state index is 11.4. The quantitative estimate of drug-likeness (QED) is 0.719. The smallest absolute Gasteiger partial charge is 0.360 e. The van der Waals surface area contributed by atoms with E-state index < -0.39 is 11.6 Å². The normalized spacial score (nSPS) is 11.4. The van der Waals surface area contributed by atoms with Crippen molar-refractivity contribution in [2.75, 3.05) is 0 Å². The zero-order valence-corrected chi connectivity index (χ0v) is 8.53. The highest BCUT2D eigenvalue weighted by molar-refractivity contribution is 5.87. The van der Waals surface area contributed by atoms with E-state index in [0.29, 0.717) is 5.89 Å². The van der Waals surface area contributed by atoms with Gasteiger partial charge in [-0.2, -0.15) is 0 Å². The van der Waals surface area contributed by atoms with E-state index in [1.807, 2.05) is 0 Å². The Morgan fingerprint density at radius 1 is 1.64 bits per heavy atom. The molecule has 0 fully saturated rings. The van der Waals surface area contributed by atoms with E-state index in [1.165, 1.54) is 6.26 Å². The van der Waals surface area contributed by atoms with Crippen LogP contribution in [0.3, 0.4) is 0 Å². The molecule has 14 heavy (non-hydrogen) atoms. The molecule has 1 aromatic heterocycles. The van der Waals surface area contributed by atoms with Crippen LogP contribution in [0.2, 0.25) is 0 Å². The molecule has 1 heterocycles. The number of carbonyl (C=O) groups is 1. The maximum Gasteiger partial charge on any atom is 0.360 e. The number of hydrogen-bond donors (Lipinski definition) is 1. The molecular weight excluding hydrogens is 184 g/mol. The van der Waals surface area contributed by atoms with Crippen molar-refractivity contribution < 1.29 is 13.9 Å². The predicted octanol–water partition coefficient (Wildman–Crippen LogP) is 1.09. The van der Waals surface area contributed by atoms with Gasteiger partial charge in [-0.25, -0.2) is 9.78 Å². The molecule has 0 radical (unpaired) electrons. The van der Waals surface area contributed by atoms with Crippen molar-refractivity contribution in [1.82, 2.24) is 4.98 Å². The lowest BCUT2D eigenvalue weighted by molar-refractivity contribution is 0.00628. The Kier molecular flexibility index (Phi) is 2.90. The summed E-state index contributed by atoms with van der Waals surface area (Å²) < 4.78 is 9.99. The number of rotatable bonds is 2. The lowest BCUT2D eigenvalue weighted by Crippen LogP contribution is -2.24. The molecule has 0 amide bonds. The van der Waals surface area contributed by atoms with Gasteiger partial charge < -0.3 is 14.9 Å². The first-order chi connectivity index (χ1) is 6.42. The number of aromatic nitrogens is 1. The topological polar surface area (TPSA) is 78.3 Å². The molecule has 0 aliphatic carbocycles. The molecule has 0 aliphatic rings. The lowest BCUT2D eigenvalue weighted by Gasteiger charge is -2.18. The Morgan fingerprint density at radius 2 is 2.29 bits per heavy atom. The summed E-state index contributed by atoms with van der Waals surface area (Å²) in [5.41, 5.74) is 4.91. The summed E-state index contributed by atoms with van der Waals surface area (Å²) in [5.74, 6) is -0.174. The molecule has 0 unspecified atom stereocenters. The fraction of sp³-hybridized carbons (Fsp3) is 0.556. The lowest BCUT2D eigenvalue weighted by atomic mass is 10.2. The first-order valence-corrected chi connectivity index (χ1v) is 4.30. The van der Waals surface area contributed by atoms with Crippen molar-refractivity contribution in [2.24, 2.45) is 5.73 Å². The van der Waals surface area contributed by atoms with Crippen molar-refractivity contribution in [1.29, 1.82) is 0 Å². The number of nitrogens with zero attached hydrogens (tertiary/aromatic N) is 1. The fourth-order valence-corrected chi connectivity index (χ4v) is 0.829. The SMILES string of the molecule is CC(C)(C)OC(=O)c1coc(CN)n1. The van der Waals surface area contributed by atoms with Crippen LogP contribution in [0.15, 0.2) is 10.7 Å². The van der Waals surface area contributed by atoms with Gasteiger partial charge in [0.1, 0.15) is 11.9 Å². The summed E-state index contributed by atoms with van der Waals surface area (Å²) in [6, 6.07) is 0. The zero-order valence-electron chi connectivity index (χ0n) is 8.53. The van der Waals surface area contributed by atoms with Gasteiger partial charge in [-0.15, -0.1) is 0 Å². The molecule has 0 spiro atoms. The van der Waals surface area contributed by atoms with Gasteiger partial charge in [0.15, 0.2) is 5.69 Å². The summed E-state index contributed by atoms with van der Waals surface area (Å²) in [6.07, 6.45) is 1.25. The van der Waals surface area contributed by atoms with E-state index in [2.05, 4.69) is 4.98 Å². The number of ether oxygens (including phenoxy) is 1. The third-order valence-electron chi connectivity index (χ3n) is 1.33. The van der Waals surface area contributed by atoms with Gasteiger partial charge in [0.25, 0.3) is 0 Å². The molecule has 0 saturated carbocycles. The number of carbonyl (C=O) groups excluding carboxylic acids is 1.